The predicted molar refractivity (Wildman–Crippen MR) is 103 cm³/mol. The molecule has 0 saturated carbocycles. The van der Waals surface area contributed by atoms with E-state index in [-0.39, 0.29) is 29.6 Å². The smallest absolute Gasteiger partial charge is 0.254 e. The molecule has 0 unspecified atom stereocenters. The van der Waals surface area contributed by atoms with Crippen LogP contribution in [-0.4, -0.2) is 35.8 Å². The number of nitrogens with one attached hydrogen (secondary N) is 1. The summed E-state index contributed by atoms with van der Waals surface area (Å²) in [5, 5.41) is 2.94. The van der Waals surface area contributed by atoms with Crippen molar-refractivity contribution in [3.63, 3.8) is 0 Å². The molecule has 1 fully saturated rings. The number of amides is 2. The Morgan fingerprint density at radius 1 is 1.11 bits per heavy atom. The molecular weight excluding hydrogens is 343 g/mol. The van der Waals surface area contributed by atoms with Crippen molar-refractivity contribution < 1.29 is 14.0 Å². The van der Waals surface area contributed by atoms with Crippen molar-refractivity contribution in [3.05, 3.63) is 71.0 Å². The molecule has 2 amide bonds. The molecule has 1 aliphatic heterocycles. The highest BCUT2D eigenvalue weighted by molar-refractivity contribution is 5.96. The van der Waals surface area contributed by atoms with Gasteiger partial charge in [-0.2, -0.15) is 0 Å². The molecule has 3 rings (SSSR count). The average Bonchev–Trinajstić information content (AvgIpc) is 3.06. The van der Waals surface area contributed by atoms with E-state index in [9.17, 15) is 14.0 Å². The van der Waals surface area contributed by atoms with E-state index in [2.05, 4.69) is 5.32 Å². The third-order valence-electron chi connectivity index (χ3n) is 5.03. The third kappa shape index (κ3) is 4.18. The zero-order chi connectivity index (χ0) is 19.6. The van der Waals surface area contributed by atoms with Crippen molar-refractivity contribution in [3.8, 4) is 0 Å². The van der Waals surface area contributed by atoms with Crippen molar-refractivity contribution in [2.45, 2.75) is 32.7 Å². The fraction of sp³-hybridized carbons (Fsp3) is 0.364. The van der Waals surface area contributed by atoms with Crippen molar-refractivity contribution in [1.29, 1.82) is 0 Å². The molecule has 5 heteroatoms. The molecule has 1 N–H and O–H groups in total. The molecule has 1 heterocycles. The van der Waals surface area contributed by atoms with Crippen molar-refractivity contribution in [2.24, 2.45) is 5.92 Å². The Balaban J connectivity index is 1.90. The van der Waals surface area contributed by atoms with E-state index in [1.54, 1.807) is 17.0 Å². The Hall–Kier alpha value is -2.69. The SMILES string of the molecule is Cc1ccccc1C(=O)N1C[C@H](C(=O)NC(C)C)[C@@H](c2cccc(F)c2)C1. The van der Waals surface area contributed by atoms with Gasteiger partial charge in [0.15, 0.2) is 0 Å². The van der Waals surface area contributed by atoms with E-state index in [1.165, 1.54) is 12.1 Å². The molecule has 27 heavy (non-hydrogen) atoms. The predicted octanol–water partition coefficient (Wildman–Crippen LogP) is 3.51. The Bertz CT molecular complexity index is 850. The second-order valence-electron chi connectivity index (χ2n) is 7.46. The number of aryl methyl sites for hydroxylation is 1. The highest BCUT2D eigenvalue weighted by Crippen LogP contribution is 2.34. The number of carbonyl (C=O) groups excluding carboxylic acids is 2. The van der Waals surface area contributed by atoms with Gasteiger partial charge in [0.25, 0.3) is 5.91 Å². The number of rotatable bonds is 4. The van der Waals surface area contributed by atoms with Gasteiger partial charge in [-0.3, -0.25) is 9.59 Å². The second kappa shape index (κ2) is 7.91. The summed E-state index contributed by atoms with van der Waals surface area (Å²) in [5.74, 6) is -1.15. The monoisotopic (exact) mass is 368 g/mol. The summed E-state index contributed by atoms with van der Waals surface area (Å²) in [6.45, 7) is 6.43. The summed E-state index contributed by atoms with van der Waals surface area (Å²) in [4.78, 5) is 27.5. The molecule has 1 saturated heterocycles. The molecule has 0 bridgehead atoms. The van der Waals surface area contributed by atoms with Gasteiger partial charge in [-0.15, -0.1) is 0 Å². The van der Waals surface area contributed by atoms with Crippen molar-refractivity contribution >= 4 is 11.8 Å². The van der Waals surface area contributed by atoms with Crippen LogP contribution in [-0.2, 0) is 4.79 Å². The summed E-state index contributed by atoms with van der Waals surface area (Å²) >= 11 is 0. The van der Waals surface area contributed by atoms with Gasteiger partial charge in [0, 0.05) is 30.6 Å². The number of hydrogen-bond acceptors (Lipinski definition) is 2. The van der Waals surface area contributed by atoms with Gasteiger partial charge in [-0.25, -0.2) is 4.39 Å². The number of benzene rings is 2. The molecule has 2 aromatic rings. The first-order chi connectivity index (χ1) is 12.9. The van der Waals surface area contributed by atoms with Crippen molar-refractivity contribution in [1.82, 2.24) is 10.2 Å². The first-order valence-electron chi connectivity index (χ1n) is 9.27. The van der Waals surface area contributed by atoms with Crippen LogP contribution in [0.1, 0.15) is 41.3 Å². The second-order valence-corrected chi connectivity index (χ2v) is 7.46. The van der Waals surface area contributed by atoms with E-state index in [1.807, 2.05) is 45.0 Å². The topological polar surface area (TPSA) is 49.4 Å². The summed E-state index contributed by atoms with van der Waals surface area (Å²) in [6.07, 6.45) is 0. The van der Waals surface area contributed by atoms with Gasteiger partial charge in [0.1, 0.15) is 5.82 Å². The van der Waals surface area contributed by atoms with Gasteiger partial charge in [-0.1, -0.05) is 30.3 Å². The number of likely N-dealkylation sites (tertiary alicyclic amines) is 1. The molecule has 4 nitrogen and oxygen atoms in total. The zero-order valence-corrected chi connectivity index (χ0v) is 15.9. The highest BCUT2D eigenvalue weighted by atomic mass is 19.1. The lowest BCUT2D eigenvalue weighted by molar-refractivity contribution is -0.125. The molecule has 142 valence electrons. The molecule has 2 atom stereocenters. The molecule has 0 spiro atoms. The van der Waals surface area contributed by atoms with Gasteiger partial charge >= 0.3 is 0 Å². The maximum atomic E-state index is 13.8. The van der Waals surface area contributed by atoms with Crippen LogP contribution in [0.2, 0.25) is 0 Å². The van der Waals surface area contributed by atoms with Crippen LogP contribution in [0.5, 0.6) is 0 Å². The number of halogens is 1. The lowest BCUT2D eigenvalue weighted by Crippen LogP contribution is -2.39. The normalized spacial score (nSPS) is 19.4. The summed E-state index contributed by atoms with van der Waals surface area (Å²) in [7, 11) is 0. The van der Waals surface area contributed by atoms with Crippen LogP contribution in [0.3, 0.4) is 0 Å². The number of nitrogens with zero attached hydrogens (tertiary/aromatic N) is 1. The summed E-state index contributed by atoms with van der Waals surface area (Å²) in [5.41, 5.74) is 2.29. The molecule has 0 aliphatic carbocycles. The van der Waals surface area contributed by atoms with Crippen LogP contribution < -0.4 is 5.32 Å². The van der Waals surface area contributed by atoms with Gasteiger partial charge < -0.3 is 10.2 Å². The van der Waals surface area contributed by atoms with Crippen LogP contribution in [0.25, 0.3) is 0 Å². The minimum absolute atomic E-state index is 0.00628. The summed E-state index contributed by atoms with van der Waals surface area (Å²) in [6, 6.07) is 13.8. The van der Waals surface area contributed by atoms with Crippen LogP contribution in [0.4, 0.5) is 4.39 Å². The van der Waals surface area contributed by atoms with E-state index in [0.29, 0.717) is 18.7 Å². The highest BCUT2D eigenvalue weighted by Gasteiger charge is 2.41. The fourth-order valence-corrected chi connectivity index (χ4v) is 3.69. The lowest BCUT2D eigenvalue weighted by atomic mass is 9.88. The molecular formula is C22H25FN2O2. The van der Waals surface area contributed by atoms with Gasteiger partial charge in [-0.05, 0) is 50.1 Å². The fourth-order valence-electron chi connectivity index (χ4n) is 3.69. The van der Waals surface area contributed by atoms with E-state index in [4.69, 9.17) is 0 Å². The Labute approximate surface area is 159 Å². The van der Waals surface area contributed by atoms with E-state index < -0.39 is 5.92 Å². The molecule has 2 aromatic carbocycles. The first kappa shape index (κ1) is 19.1. The zero-order valence-electron chi connectivity index (χ0n) is 15.9. The Morgan fingerprint density at radius 3 is 2.52 bits per heavy atom. The molecule has 0 aromatic heterocycles. The maximum Gasteiger partial charge on any atom is 0.254 e. The van der Waals surface area contributed by atoms with E-state index in [0.717, 1.165) is 11.1 Å². The third-order valence-corrected chi connectivity index (χ3v) is 5.03. The van der Waals surface area contributed by atoms with Gasteiger partial charge in [0.05, 0.1) is 5.92 Å². The average molecular weight is 368 g/mol. The molecule has 0 radical (unpaired) electrons. The molecule has 1 aliphatic rings. The van der Waals surface area contributed by atoms with Crippen LogP contribution in [0.15, 0.2) is 48.5 Å². The Morgan fingerprint density at radius 2 is 1.85 bits per heavy atom. The summed E-state index contributed by atoms with van der Waals surface area (Å²) < 4.78 is 13.8. The number of carbonyl (C=O) groups is 2. The van der Waals surface area contributed by atoms with Crippen molar-refractivity contribution in [2.75, 3.05) is 13.1 Å². The number of hydrogen-bond donors (Lipinski definition) is 1. The standard InChI is InChI=1S/C22H25FN2O2/c1-14(2)24-21(26)20-13-25(22(27)18-10-5-4-7-15(18)3)12-19(20)16-8-6-9-17(23)11-16/h4-11,14,19-20H,12-13H2,1-3H3,(H,24,26)/t19-,20+/m1/s1. The van der Waals surface area contributed by atoms with Gasteiger partial charge in [0.2, 0.25) is 5.91 Å². The Kier molecular flexibility index (Phi) is 5.59. The lowest BCUT2D eigenvalue weighted by Gasteiger charge is -2.19. The largest absolute Gasteiger partial charge is 0.354 e. The minimum atomic E-state index is -0.401. The van der Waals surface area contributed by atoms with Crippen LogP contribution in [0, 0.1) is 18.7 Å². The van der Waals surface area contributed by atoms with Crippen LogP contribution >= 0.6 is 0 Å². The maximum absolute atomic E-state index is 13.8. The first-order valence-corrected chi connectivity index (χ1v) is 9.27. The minimum Gasteiger partial charge on any atom is -0.354 e. The quantitative estimate of drug-likeness (QED) is 0.898. The van der Waals surface area contributed by atoms with E-state index >= 15 is 0 Å².